The second kappa shape index (κ2) is 7.68. The van der Waals surface area contributed by atoms with E-state index in [4.69, 9.17) is 0 Å². The minimum absolute atomic E-state index is 0.548. The van der Waals surface area contributed by atoms with Gasteiger partial charge >= 0.3 is 23.2 Å². The van der Waals surface area contributed by atoms with Gasteiger partial charge in [-0.15, -0.1) is 11.8 Å². The van der Waals surface area contributed by atoms with Crippen molar-refractivity contribution in [1.29, 1.82) is 0 Å². The van der Waals surface area contributed by atoms with Gasteiger partial charge in [0, 0.05) is 17.0 Å². The number of thioether (sulfide) groups is 1. The summed E-state index contributed by atoms with van der Waals surface area (Å²) in [5.74, 6) is -4.11. The maximum Gasteiger partial charge on any atom is 0.338 e. The molecule has 1 aromatic rings. The van der Waals surface area contributed by atoms with Crippen LogP contribution in [0, 0.1) is 10.1 Å². The molecule has 0 radical (unpaired) electrons. The van der Waals surface area contributed by atoms with Gasteiger partial charge in [0.25, 0.3) is 5.91 Å². The summed E-state index contributed by atoms with van der Waals surface area (Å²) < 4.78 is 4.28. The number of aromatic nitrogens is 1. The highest BCUT2D eigenvalue weighted by molar-refractivity contribution is 8.01. The number of methoxy groups -OCH3 is 1. The number of rotatable bonds is 6. The van der Waals surface area contributed by atoms with Crippen LogP contribution >= 0.6 is 11.8 Å². The predicted molar refractivity (Wildman–Crippen MR) is 104 cm³/mol. The molecule has 3 rings (SSSR count). The number of aliphatic carboxylic acids is 1. The van der Waals surface area contributed by atoms with Gasteiger partial charge in [-0.1, -0.05) is 0 Å². The van der Waals surface area contributed by atoms with Gasteiger partial charge in [0.05, 0.1) is 12.0 Å². The number of esters is 1. The third-order valence-corrected chi connectivity index (χ3v) is 6.65. The number of hydrogen-bond acceptors (Lipinski definition) is 9. The molecule has 0 spiro atoms. The maximum atomic E-state index is 12.9. The Morgan fingerprint density at radius 1 is 1.35 bits per heavy atom. The van der Waals surface area contributed by atoms with Gasteiger partial charge in [0.15, 0.2) is 0 Å². The monoisotopic (exact) mass is 454 g/mol. The van der Waals surface area contributed by atoms with E-state index in [0.717, 1.165) is 30.3 Å². The third kappa shape index (κ3) is 3.52. The summed E-state index contributed by atoms with van der Waals surface area (Å²) >= 11 is 1.17. The molecule has 0 bridgehead atoms. The molecule has 2 aliphatic rings. The van der Waals surface area contributed by atoms with Crippen LogP contribution in [0.2, 0.25) is 0 Å². The number of ether oxygens (including phenoxy) is 1. The van der Waals surface area contributed by atoms with E-state index in [1.165, 1.54) is 11.8 Å². The molecule has 1 aromatic heterocycles. The number of fused-ring (bicyclic) bond motifs is 1. The van der Waals surface area contributed by atoms with Gasteiger partial charge in [0.2, 0.25) is 11.9 Å². The molecule has 3 heterocycles. The van der Waals surface area contributed by atoms with Gasteiger partial charge in [-0.25, -0.2) is 9.59 Å². The summed E-state index contributed by atoms with van der Waals surface area (Å²) in [5, 5.41) is 22.1. The Kier molecular flexibility index (Phi) is 5.52. The van der Waals surface area contributed by atoms with Gasteiger partial charge < -0.3 is 20.1 Å². The molecule has 166 valence electrons. The minimum atomic E-state index is -1.92. The van der Waals surface area contributed by atoms with Gasteiger partial charge in [-0.2, -0.15) is 0 Å². The highest BCUT2D eigenvalue weighted by atomic mass is 32.2. The van der Waals surface area contributed by atoms with Gasteiger partial charge in [0.1, 0.15) is 17.5 Å². The molecule has 4 atom stereocenters. The summed E-state index contributed by atoms with van der Waals surface area (Å²) in [6.45, 7) is 3.31. The molecule has 2 saturated heterocycles. The number of pyridine rings is 1. The number of amides is 2. The Labute approximate surface area is 178 Å². The SMILES string of the molecule is COC(=O)C(C(=O)NC1C(=O)N2[C@@H]1SC(C)(C)[C@@H]2C(=O)O)n1cccc([N+](=O)[O-])c1=O. The molecule has 31 heavy (non-hydrogen) atoms. The molecule has 0 aromatic carbocycles. The zero-order valence-corrected chi connectivity index (χ0v) is 17.3. The Hall–Kier alpha value is -3.42. The van der Waals surface area contributed by atoms with Crippen LogP contribution in [-0.4, -0.2) is 72.6 Å². The van der Waals surface area contributed by atoms with E-state index in [1.54, 1.807) is 13.8 Å². The van der Waals surface area contributed by atoms with Crippen molar-refractivity contribution in [2.75, 3.05) is 7.11 Å². The number of β-lactam (4-membered cyclic amide) rings is 1. The lowest BCUT2D eigenvalue weighted by molar-refractivity contribution is -0.386. The summed E-state index contributed by atoms with van der Waals surface area (Å²) in [6.07, 6.45) is 1.01. The molecule has 14 heteroatoms. The van der Waals surface area contributed by atoms with Crippen LogP contribution < -0.4 is 10.9 Å². The highest BCUT2D eigenvalue weighted by Crippen LogP contribution is 2.50. The lowest BCUT2D eigenvalue weighted by atomic mass is 9.96. The average molecular weight is 454 g/mol. The first-order valence-electron chi connectivity index (χ1n) is 8.89. The summed E-state index contributed by atoms with van der Waals surface area (Å²) in [4.78, 5) is 72.8. The quantitative estimate of drug-likeness (QED) is 0.180. The van der Waals surface area contributed by atoms with E-state index in [9.17, 15) is 39.2 Å². The Morgan fingerprint density at radius 3 is 2.55 bits per heavy atom. The number of nitrogens with one attached hydrogen (secondary N) is 1. The van der Waals surface area contributed by atoms with E-state index in [2.05, 4.69) is 10.1 Å². The largest absolute Gasteiger partial charge is 0.480 e. The number of nitro groups is 1. The minimum Gasteiger partial charge on any atom is -0.480 e. The van der Waals surface area contributed by atoms with Crippen molar-refractivity contribution in [3.63, 3.8) is 0 Å². The molecule has 2 unspecified atom stereocenters. The smallest absolute Gasteiger partial charge is 0.338 e. The number of carboxylic acids is 1. The zero-order chi connectivity index (χ0) is 23.2. The Morgan fingerprint density at radius 2 is 2.00 bits per heavy atom. The van der Waals surface area contributed by atoms with Crippen molar-refractivity contribution in [2.24, 2.45) is 0 Å². The Bertz CT molecular complexity index is 1050. The normalized spacial score (nSPS) is 24.5. The van der Waals surface area contributed by atoms with E-state index in [0.29, 0.717) is 4.57 Å². The summed E-state index contributed by atoms with van der Waals surface area (Å²) in [7, 11) is 0.966. The van der Waals surface area contributed by atoms with Crippen LogP contribution in [0.4, 0.5) is 5.69 Å². The fourth-order valence-electron chi connectivity index (χ4n) is 3.68. The lowest BCUT2D eigenvalue weighted by Crippen LogP contribution is -2.71. The fourth-order valence-corrected chi connectivity index (χ4v) is 5.30. The number of carboxylic acid groups (broad SMARTS) is 1. The lowest BCUT2D eigenvalue weighted by Gasteiger charge is -2.43. The predicted octanol–water partition coefficient (Wildman–Crippen LogP) is -0.898. The van der Waals surface area contributed by atoms with Crippen LogP contribution in [0.5, 0.6) is 0 Å². The van der Waals surface area contributed by atoms with Crippen LogP contribution in [0.25, 0.3) is 0 Å². The van der Waals surface area contributed by atoms with Crippen LogP contribution in [0.1, 0.15) is 19.9 Å². The van der Waals surface area contributed by atoms with Crippen molar-refractivity contribution in [3.05, 3.63) is 38.8 Å². The number of carbonyl (C=O) groups is 4. The molecule has 13 nitrogen and oxygen atoms in total. The summed E-state index contributed by atoms with van der Waals surface area (Å²) in [5.41, 5.74) is -2.06. The van der Waals surface area contributed by atoms with E-state index < -0.39 is 68.2 Å². The maximum absolute atomic E-state index is 12.9. The second-order valence-electron chi connectivity index (χ2n) is 7.37. The van der Waals surface area contributed by atoms with Crippen molar-refractivity contribution in [2.45, 2.75) is 42.1 Å². The number of nitrogens with zero attached hydrogens (tertiary/aromatic N) is 3. The number of hydrogen-bond donors (Lipinski definition) is 2. The molecule has 2 N–H and O–H groups in total. The standard InChI is InChI=1S/C17H18N4O9S/c1-17(2)10(15(25)26)20-13(24)8(14(20)31-17)18-11(22)9(16(27)30-3)19-6-4-5-7(12(19)23)21(28)29/h4-6,8-10,14H,1-3H3,(H,18,22)(H,25,26)/t8?,9?,10-,14+/m0/s1. The van der Waals surface area contributed by atoms with Crippen molar-refractivity contribution in [1.82, 2.24) is 14.8 Å². The highest BCUT2D eigenvalue weighted by Gasteiger charge is 2.64. The molecular formula is C17H18N4O9S. The zero-order valence-electron chi connectivity index (χ0n) is 16.5. The molecular weight excluding hydrogens is 436 g/mol. The molecule has 2 fully saturated rings. The third-order valence-electron chi connectivity index (χ3n) is 5.07. The number of carbonyl (C=O) groups excluding carboxylic acids is 3. The first-order valence-corrected chi connectivity index (χ1v) is 9.77. The van der Waals surface area contributed by atoms with Gasteiger partial charge in [-0.05, 0) is 19.9 Å². The first-order chi connectivity index (χ1) is 14.4. The van der Waals surface area contributed by atoms with E-state index in [-0.39, 0.29) is 0 Å². The molecule has 2 aliphatic heterocycles. The van der Waals surface area contributed by atoms with Crippen LogP contribution in [-0.2, 0) is 23.9 Å². The fraction of sp³-hybridized carbons (Fsp3) is 0.471. The summed E-state index contributed by atoms with van der Waals surface area (Å²) in [6, 6.07) is -2.12. The van der Waals surface area contributed by atoms with Crippen molar-refractivity contribution >= 4 is 41.2 Å². The topological polar surface area (TPSA) is 178 Å². The van der Waals surface area contributed by atoms with Crippen LogP contribution in [0.15, 0.2) is 23.1 Å². The van der Waals surface area contributed by atoms with E-state index in [1.807, 2.05) is 0 Å². The van der Waals surface area contributed by atoms with Crippen molar-refractivity contribution in [3.8, 4) is 0 Å². The molecule has 2 amide bonds. The molecule has 0 saturated carbocycles. The van der Waals surface area contributed by atoms with Gasteiger partial charge in [-0.3, -0.25) is 29.1 Å². The second-order valence-corrected chi connectivity index (χ2v) is 9.14. The van der Waals surface area contributed by atoms with Crippen molar-refractivity contribution < 1.29 is 33.9 Å². The van der Waals surface area contributed by atoms with Crippen LogP contribution in [0.3, 0.4) is 0 Å². The first kappa shape index (κ1) is 22.3. The van der Waals surface area contributed by atoms with E-state index >= 15 is 0 Å². The molecule has 0 aliphatic carbocycles. The Balaban J connectivity index is 1.89. The average Bonchev–Trinajstić information content (AvgIpc) is 2.95.